The van der Waals surface area contributed by atoms with Crippen LogP contribution in [0.2, 0.25) is 0 Å². The molecular formula is C20H24N2O. The number of hydrogen-bond acceptors (Lipinski definition) is 2. The van der Waals surface area contributed by atoms with E-state index in [1.165, 1.54) is 11.1 Å². The zero-order valence-corrected chi connectivity index (χ0v) is 14.1. The summed E-state index contributed by atoms with van der Waals surface area (Å²) in [6, 6.07) is 16.6. The molecule has 0 spiro atoms. The third-order valence-electron chi connectivity index (χ3n) is 4.17. The van der Waals surface area contributed by atoms with Crippen LogP contribution in [-0.2, 0) is 6.54 Å². The van der Waals surface area contributed by atoms with Crippen molar-refractivity contribution in [3.8, 4) is 5.75 Å². The molecule has 1 aromatic heterocycles. The minimum atomic E-state index is 0.478. The molecule has 0 radical (unpaired) electrons. The normalized spacial score (nSPS) is 11.3. The molecule has 23 heavy (non-hydrogen) atoms. The molecule has 3 nitrogen and oxygen atoms in total. The van der Waals surface area contributed by atoms with Gasteiger partial charge in [-0.2, -0.15) is 0 Å². The Morgan fingerprint density at radius 1 is 1.04 bits per heavy atom. The van der Waals surface area contributed by atoms with Crippen LogP contribution < -0.4 is 4.74 Å². The van der Waals surface area contributed by atoms with Crippen LogP contribution in [0.15, 0.2) is 48.5 Å². The van der Waals surface area contributed by atoms with Crippen molar-refractivity contribution in [1.82, 2.24) is 9.55 Å². The Balaban J connectivity index is 1.63. The van der Waals surface area contributed by atoms with E-state index in [0.717, 1.165) is 36.7 Å². The van der Waals surface area contributed by atoms with Gasteiger partial charge in [-0.1, -0.05) is 44.2 Å². The molecule has 0 aliphatic rings. The molecule has 3 rings (SSSR count). The van der Waals surface area contributed by atoms with Gasteiger partial charge in [0.15, 0.2) is 0 Å². The highest BCUT2D eigenvalue weighted by Crippen LogP contribution is 2.26. The molecule has 3 heteroatoms. The lowest BCUT2D eigenvalue weighted by Crippen LogP contribution is -2.07. The second-order valence-corrected chi connectivity index (χ2v) is 6.19. The van der Waals surface area contributed by atoms with Crippen molar-refractivity contribution in [2.24, 2.45) is 0 Å². The van der Waals surface area contributed by atoms with Gasteiger partial charge in [0.2, 0.25) is 0 Å². The SMILES string of the molecule is Cc1nc2ccccc2n1CCCOc1ccccc1C(C)C. The van der Waals surface area contributed by atoms with Crippen LogP contribution in [-0.4, -0.2) is 16.2 Å². The first-order chi connectivity index (χ1) is 11.2. The van der Waals surface area contributed by atoms with Crippen LogP contribution >= 0.6 is 0 Å². The summed E-state index contributed by atoms with van der Waals surface area (Å²) in [6.45, 7) is 8.10. The Kier molecular flexibility index (Phi) is 4.65. The monoisotopic (exact) mass is 308 g/mol. The van der Waals surface area contributed by atoms with Crippen molar-refractivity contribution in [3.05, 3.63) is 59.9 Å². The average Bonchev–Trinajstić information content (AvgIpc) is 2.87. The van der Waals surface area contributed by atoms with E-state index in [1.807, 2.05) is 12.1 Å². The van der Waals surface area contributed by atoms with Gasteiger partial charge < -0.3 is 9.30 Å². The van der Waals surface area contributed by atoms with Crippen molar-refractivity contribution in [2.75, 3.05) is 6.61 Å². The summed E-state index contributed by atoms with van der Waals surface area (Å²) in [5, 5.41) is 0. The molecule has 0 unspecified atom stereocenters. The van der Waals surface area contributed by atoms with Crippen LogP contribution in [0.5, 0.6) is 5.75 Å². The lowest BCUT2D eigenvalue weighted by molar-refractivity contribution is 0.298. The van der Waals surface area contributed by atoms with E-state index in [-0.39, 0.29) is 0 Å². The number of hydrogen-bond donors (Lipinski definition) is 0. The fraction of sp³-hybridized carbons (Fsp3) is 0.350. The molecule has 0 atom stereocenters. The minimum Gasteiger partial charge on any atom is -0.493 e. The number of nitrogens with zero attached hydrogens (tertiary/aromatic N) is 2. The fourth-order valence-corrected chi connectivity index (χ4v) is 2.97. The maximum atomic E-state index is 6.01. The number of aromatic nitrogens is 2. The van der Waals surface area contributed by atoms with Crippen LogP contribution in [0.4, 0.5) is 0 Å². The van der Waals surface area contributed by atoms with Gasteiger partial charge in [0, 0.05) is 6.54 Å². The molecule has 0 aliphatic carbocycles. The van der Waals surface area contributed by atoms with Gasteiger partial charge in [-0.05, 0) is 43.0 Å². The summed E-state index contributed by atoms with van der Waals surface area (Å²) >= 11 is 0. The molecule has 0 amide bonds. The van der Waals surface area contributed by atoms with Crippen molar-refractivity contribution in [3.63, 3.8) is 0 Å². The van der Waals surface area contributed by atoms with E-state index >= 15 is 0 Å². The topological polar surface area (TPSA) is 27.1 Å². The molecule has 120 valence electrons. The van der Waals surface area contributed by atoms with Crippen molar-refractivity contribution >= 4 is 11.0 Å². The van der Waals surface area contributed by atoms with Crippen molar-refractivity contribution < 1.29 is 4.74 Å². The van der Waals surface area contributed by atoms with E-state index in [1.54, 1.807) is 0 Å². The molecule has 1 heterocycles. The maximum Gasteiger partial charge on any atom is 0.122 e. The van der Waals surface area contributed by atoms with Crippen molar-refractivity contribution in [1.29, 1.82) is 0 Å². The molecule has 0 saturated carbocycles. The third kappa shape index (κ3) is 3.39. The summed E-state index contributed by atoms with van der Waals surface area (Å²) < 4.78 is 8.29. The van der Waals surface area contributed by atoms with Crippen molar-refractivity contribution in [2.45, 2.75) is 39.7 Å². The Labute approximate surface area is 137 Å². The predicted octanol–water partition coefficient (Wildman–Crippen LogP) is 4.94. The average molecular weight is 308 g/mol. The Bertz CT molecular complexity index is 789. The number of aryl methyl sites for hydroxylation is 2. The number of fused-ring (bicyclic) bond motifs is 1. The quantitative estimate of drug-likeness (QED) is 0.603. The molecule has 0 bridgehead atoms. The molecular weight excluding hydrogens is 284 g/mol. The number of ether oxygens (including phenoxy) is 1. The van der Waals surface area contributed by atoms with Crippen LogP contribution in [0.1, 0.15) is 37.6 Å². The summed E-state index contributed by atoms with van der Waals surface area (Å²) in [7, 11) is 0. The molecule has 0 aliphatic heterocycles. The van der Waals surface area contributed by atoms with Gasteiger partial charge in [-0.25, -0.2) is 4.98 Å². The summed E-state index contributed by atoms with van der Waals surface area (Å²) in [6.07, 6.45) is 0.966. The smallest absolute Gasteiger partial charge is 0.122 e. The Hall–Kier alpha value is -2.29. The fourth-order valence-electron chi connectivity index (χ4n) is 2.97. The molecule has 3 aromatic rings. The minimum absolute atomic E-state index is 0.478. The van der Waals surface area contributed by atoms with E-state index in [9.17, 15) is 0 Å². The van der Waals surface area contributed by atoms with Gasteiger partial charge >= 0.3 is 0 Å². The summed E-state index contributed by atoms with van der Waals surface area (Å²) in [5.74, 6) is 2.55. The van der Waals surface area contributed by atoms with Gasteiger partial charge in [0.05, 0.1) is 17.6 Å². The maximum absolute atomic E-state index is 6.01. The number of imidazole rings is 1. The first kappa shape index (κ1) is 15.6. The zero-order chi connectivity index (χ0) is 16.2. The van der Waals surface area contributed by atoms with Gasteiger partial charge in [0.25, 0.3) is 0 Å². The van der Waals surface area contributed by atoms with Gasteiger partial charge in [0.1, 0.15) is 11.6 Å². The highest BCUT2D eigenvalue weighted by Gasteiger charge is 2.08. The lowest BCUT2D eigenvalue weighted by atomic mass is 10.0. The van der Waals surface area contributed by atoms with Crippen LogP contribution in [0.3, 0.4) is 0 Å². The van der Waals surface area contributed by atoms with E-state index in [2.05, 4.69) is 66.7 Å². The third-order valence-corrected chi connectivity index (χ3v) is 4.17. The zero-order valence-electron chi connectivity index (χ0n) is 14.1. The highest BCUT2D eigenvalue weighted by atomic mass is 16.5. The van der Waals surface area contributed by atoms with Crippen LogP contribution in [0, 0.1) is 6.92 Å². The van der Waals surface area contributed by atoms with Gasteiger partial charge in [-0.15, -0.1) is 0 Å². The number of benzene rings is 2. The first-order valence-electron chi connectivity index (χ1n) is 8.30. The second kappa shape index (κ2) is 6.86. The largest absolute Gasteiger partial charge is 0.493 e. The predicted molar refractivity (Wildman–Crippen MR) is 95.1 cm³/mol. The highest BCUT2D eigenvalue weighted by molar-refractivity contribution is 5.75. The van der Waals surface area contributed by atoms with E-state index in [0.29, 0.717) is 5.92 Å². The molecule has 0 N–H and O–H groups in total. The van der Waals surface area contributed by atoms with E-state index < -0.39 is 0 Å². The standard InChI is InChI=1S/C20H24N2O/c1-15(2)17-9-4-7-12-20(17)23-14-8-13-22-16(3)21-18-10-5-6-11-19(18)22/h4-7,9-12,15H,8,13-14H2,1-3H3. The molecule has 0 saturated heterocycles. The number of para-hydroxylation sites is 3. The summed E-state index contributed by atoms with van der Waals surface area (Å²) in [4.78, 5) is 4.61. The summed E-state index contributed by atoms with van der Waals surface area (Å²) in [5.41, 5.74) is 3.54. The second-order valence-electron chi connectivity index (χ2n) is 6.19. The Morgan fingerprint density at radius 3 is 2.61 bits per heavy atom. The van der Waals surface area contributed by atoms with E-state index in [4.69, 9.17) is 4.74 Å². The van der Waals surface area contributed by atoms with Gasteiger partial charge in [-0.3, -0.25) is 0 Å². The van der Waals surface area contributed by atoms with Crippen LogP contribution in [0.25, 0.3) is 11.0 Å². The number of rotatable bonds is 6. The molecule has 0 fully saturated rings. The molecule has 2 aromatic carbocycles. The Morgan fingerprint density at radius 2 is 1.78 bits per heavy atom. The first-order valence-corrected chi connectivity index (χ1v) is 8.30. The lowest BCUT2D eigenvalue weighted by Gasteiger charge is -2.14.